The Morgan fingerprint density at radius 1 is 0.548 bits per heavy atom. The van der Waals surface area contributed by atoms with Crippen LogP contribution in [0, 0.1) is 54.6 Å². The van der Waals surface area contributed by atoms with Crippen molar-refractivity contribution in [3.05, 3.63) is 70.3 Å². The van der Waals surface area contributed by atoms with Crippen molar-refractivity contribution in [3.63, 3.8) is 0 Å². The fraction of sp³-hybridized carbons (Fsp3) is 0.364. The number of fused-ring (bicyclic) bond motifs is 1. The van der Waals surface area contributed by atoms with Crippen LogP contribution >= 0.6 is 0 Å². The first-order valence-corrected chi connectivity index (χ1v) is 9.71. The van der Waals surface area contributed by atoms with E-state index in [2.05, 4.69) is 10.2 Å². The van der Waals surface area contributed by atoms with Gasteiger partial charge in [-0.2, -0.15) is 10.2 Å². The maximum atomic E-state index is 13.5. The summed E-state index contributed by atoms with van der Waals surface area (Å²) in [7, 11) is 0. The molecule has 1 heterocycles. The Hall–Kier alpha value is -2.71. The average molecular weight is 452 g/mol. The van der Waals surface area contributed by atoms with E-state index in [1.54, 1.807) is 6.20 Å². The van der Waals surface area contributed by atoms with Gasteiger partial charge >= 0.3 is 0 Å². The van der Waals surface area contributed by atoms with Crippen molar-refractivity contribution in [2.45, 2.75) is 55.4 Å². The molecule has 0 unspecified atom stereocenters. The Kier molecular flexibility index (Phi) is 14.9. The van der Waals surface area contributed by atoms with Crippen molar-refractivity contribution >= 4 is 10.8 Å². The number of rotatable bonds is 0. The molecule has 3 rings (SSSR count). The molecular formula is C22H27F7N2. The molecule has 0 radical (unpaired) electrons. The van der Waals surface area contributed by atoms with Gasteiger partial charge in [-0.3, -0.25) is 0 Å². The summed E-state index contributed by atoms with van der Waals surface area (Å²) < 4.78 is 92.3. The number of benzene rings is 2. The molecule has 0 saturated carbocycles. The van der Waals surface area contributed by atoms with Gasteiger partial charge in [-0.1, -0.05) is 41.5 Å². The molecule has 0 bridgehead atoms. The standard InChI is InChI=1S/C11H3F7.C5H6N2.3C2H6/c1-2-5(12)3-4(7(14)6(2)13)9(16)11(18)10(17)8(3)15;1-5-3-2-4-6-7-5;3*1-2/h1H3;2-4H,1H3;3*1-2H3. The van der Waals surface area contributed by atoms with Crippen LogP contribution in [0.1, 0.15) is 52.8 Å². The van der Waals surface area contributed by atoms with Crippen molar-refractivity contribution in [2.75, 3.05) is 0 Å². The van der Waals surface area contributed by atoms with E-state index in [-0.39, 0.29) is 0 Å². The van der Waals surface area contributed by atoms with Gasteiger partial charge in [0.15, 0.2) is 34.9 Å². The molecule has 31 heavy (non-hydrogen) atoms. The largest absolute Gasteiger partial charge is 0.206 e. The Labute approximate surface area is 178 Å². The molecule has 0 aliphatic rings. The number of hydrogen-bond acceptors (Lipinski definition) is 2. The molecule has 0 aliphatic heterocycles. The van der Waals surface area contributed by atoms with Crippen LogP contribution in [0.25, 0.3) is 10.8 Å². The van der Waals surface area contributed by atoms with E-state index in [9.17, 15) is 30.7 Å². The van der Waals surface area contributed by atoms with E-state index in [0.29, 0.717) is 0 Å². The van der Waals surface area contributed by atoms with Gasteiger partial charge in [-0.15, -0.1) is 0 Å². The highest BCUT2D eigenvalue weighted by atomic mass is 19.2. The molecule has 174 valence electrons. The van der Waals surface area contributed by atoms with Crippen LogP contribution in [0.2, 0.25) is 0 Å². The summed E-state index contributed by atoms with van der Waals surface area (Å²) in [5.41, 5.74) is 0.00630. The second kappa shape index (κ2) is 15.1. The summed E-state index contributed by atoms with van der Waals surface area (Å²) in [5, 5.41) is 4.32. The summed E-state index contributed by atoms with van der Waals surface area (Å²) in [4.78, 5) is 0. The van der Waals surface area contributed by atoms with Crippen LogP contribution in [0.15, 0.2) is 18.3 Å². The molecule has 0 aliphatic carbocycles. The van der Waals surface area contributed by atoms with Crippen LogP contribution in [0.3, 0.4) is 0 Å². The third kappa shape index (κ3) is 7.18. The van der Waals surface area contributed by atoms with Crippen LogP contribution in [-0.4, -0.2) is 10.2 Å². The molecule has 0 saturated heterocycles. The molecule has 0 spiro atoms. The molecule has 0 N–H and O–H groups in total. The zero-order chi connectivity index (χ0) is 24.9. The van der Waals surface area contributed by atoms with Gasteiger partial charge in [-0.05, 0) is 26.0 Å². The Bertz CT molecular complexity index is 833. The van der Waals surface area contributed by atoms with Gasteiger partial charge in [0, 0.05) is 11.8 Å². The third-order valence-electron chi connectivity index (χ3n) is 3.26. The van der Waals surface area contributed by atoms with E-state index in [1.165, 1.54) is 0 Å². The summed E-state index contributed by atoms with van der Waals surface area (Å²) in [6, 6.07) is 3.77. The maximum absolute atomic E-state index is 13.5. The number of nitrogens with zero attached hydrogens (tertiary/aromatic N) is 2. The lowest BCUT2D eigenvalue weighted by Gasteiger charge is -2.09. The van der Waals surface area contributed by atoms with E-state index in [0.717, 1.165) is 12.6 Å². The predicted molar refractivity (Wildman–Crippen MR) is 109 cm³/mol. The molecular weight excluding hydrogens is 425 g/mol. The second-order valence-electron chi connectivity index (χ2n) is 4.94. The lowest BCUT2D eigenvalue weighted by molar-refractivity contribution is 0.411. The van der Waals surface area contributed by atoms with Crippen molar-refractivity contribution in [3.8, 4) is 0 Å². The van der Waals surface area contributed by atoms with Crippen molar-refractivity contribution in [1.29, 1.82) is 0 Å². The van der Waals surface area contributed by atoms with E-state index in [1.807, 2.05) is 60.6 Å². The number of hydrogen-bond donors (Lipinski definition) is 0. The van der Waals surface area contributed by atoms with Crippen molar-refractivity contribution < 1.29 is 30.7 Å². The molecule has 9 heteroatoms. The molecule has 1 aromatic heterocycles. The van der Waals surface area contributed by atoms with E-state index < -0.39 is 57.1 Å². The minimum Gasteiger partial charge on any atom is -0.206 e. The van der Waals surface area contributed by atoms with Gasteiger partial charge in [-0.25, -0.2) is 30.7 Å². The molecule has 0 atom stereocenters. The smallest absolute Gasteiger partial charge is 0.198 e. The minimum absolute atomic E-state index is 0.756. The van der Waals surface area contributed by atoms with Crippen LogP contribution in [0.4, 0.5) is 30.7 Å². The van der Waals surface area contributed by atoms with E-state index >= 15 is 0 Å². The van der Waals surface area contributed by atoms with Crippen LogP contribution in [-0.2, 0) is 0 Å². The molecule has 0 amide bonds. The summed E-state index contributed by atoms with van der Waals surface area (Å²) >= 11 is 0. The quantitative estimate of drug-likeness (QED) is 0.196. The predicted octanol–water partition coefficient (Wildman–Crippen LogP) is 7.99. The molecule has 2 nitrogen and oxygen atoms in total. The molecule has 0 fully saturated rings. The summed E-state index contributed by atoms with van der Waals surface area (Å²) in [6.45, 7) is 14.7. The lowest BCUT2D eigenvalue weighted by atomic mass is 10.0. The highest BCUT2D eigenvalue weighted by Gasteiger charge is 2.28. The molecule has 3 aromatic rings. The second-order valence-corrected chi connectivity index (χ2v) is 4.94. The van der Waals surface area contributed by atoms with Gasteiger partial charge in [0.1, 0.15) is 5.82 Å². The lowest BCUT2D eigenvalue weighted by Crippen LogP contribution is -2.05. The fourth-order valence-electron chi connectivity index (χ4n) is 1.98. The van der Waals surface area contributed by atoms with Gasteiger partial charge < -0.3 is 0 Å². The highest BCUT2D eigenvalue weighted by Crippen LogP contribution is 2.33. The van der Waals surface area contributed by atoms with Crippen molar-refractivity contribution in [2.24, 2.45) is 0 Å². The zero-order valence-electron chi connectivity index (χ0n) is 18.8. The fourth-order valence-corrected chi connectivity index (χ4v) is 1.98. The Morgan fingerprint density at radius 3 is 1.26 bits per heavy atom. The van der Waals surface area contributed by atoms with Crippen molar-refractivity contribution in [1.82, 2.24) is 10.2 Å². The Balaban J connectivity index is 0. The normalized spacial score (nSPS) is 9.13. The Morgan fingerprint density at radius 2 is 0.935 bits per heavy atom. The van der Waals surface area contributed by atoms with Gasteiger partial charge in [0.05, 0.1) is 16.5 Å². The maximum Gasteiger partial charge on any atom is 0.198 e. The topological polar surface area (TPSA) is 25.8 Å². The van der Waals surface area contributed by atoms with Gasteiger partial charge in [0.2, 0.25) is 0 Å². The first-order valence-electron chi connectivity index (χ1n) is 9.71. The van der Waals surface area contributed by atoms with E-state index in [4.69, 9.17) is 0 Å². The van der Waals surface area contributed by atoms with Gasteiger partial charge in [0.25, 0.3) is 0 Å². The summed E-state index contributed by atoms with van der Waals surface area (Å²) in [6.07, 6.45) is 1.66. The zero-order valence-corrected chi connectivity index (χ0v) is 18.8. The minimum atomic E-state index is -2.33. The number of halogens is 7. The first-order chi connectivity index (χ1) is 14.7. The number of aromatic nitrogens is 2. The SMILES string of the molecule is CC.CC.CC.Cc1c(F)c(F)c2c(F)c(F)c(F)c(F)c2c1F.Cc1cccnn1. The number of aryl methyl sites for hydroxylation is 1. The van der Waals surface area contributed by atoms with Crippen LogP contribution < -0.4 is 0 Å². The summed E-state index contributed by atoms with van der Waals surface area (Å²) in [5.74, 6) is -14.4. The average Bonchev–Trinajstić information content (AvgIpc) is 2.82. The first kappa shape index (κ1) is 30.5. The third-order valence-corrected chi connectivity index (χ3v) is 3.26. The molecule has 2 aromatic carbocycles. The van der Waals surface area contributed by atoms with Crippen LogP contribution in [0.5, 0.6) is 0 Å². The highest BCUT2D eigenvalue weighted by molar-refractivity contribution is 5.86. The monoisotopic (exact) mass is 452 g/mol.